The van der Waals surface area contributed by atoms with E-state index in [0.717, 1.165) is 5.56 Å². The van der Waals surface area contributed by atoms with Gasteiger partial charge in [0.2, 0.25) is 0 Å². The van der Waals surface area contributed by atoms with Gasteiger partial charge in [0.1, 0.15) is 0 Å². The van der Waals surface area contributed by atoms with E-state index in [1.807, 2.05) is 13.0 Å². The maximum atomic E-state index is 5.44. The maximum Gasteiger partial charge on any atom is 0.170 e. The summed E-state index contributed by atoms with van der Waals surface area (Å²) >= 11 is 0. The quantitative estimate of drug-likeness (QED) is 0.367. The number of aryl methyl sites for hydroxylation is 1. The zero-order valence-electron chi connectivity index (χ0n) is 5.78. The highest BCUT2D eigenvalue weighted by molar-refractivity contribution is 5.07. The first-order valence-electron chi connectivity index (χ1n) is 2.92. The fraction of sp³-hybridized carbons (Fsp3) is 0.167. The Bertz CT molecular complexity index is 286. The molecule has 0 aliphatic rings. The van der Waals surface area contributed by atoms with Crippen LogP contribution in [0.4, 0.5) is 0 Å². The third-order valence-electron chi connectivity index (χ3n) is 1.25. The number of aromatic nitrogens is 1. The molecule has 1 aromatic rings. The lowest BCUT2D eigenvalue weighted by Gasteiger charge is -1.98. The van der Waals surface area contributed by atoms with Crippen LogP contribution >= 0.6 is 0 Å². The number of nitrogens with two attached hydrogens (primary N) is 2. The summed E-state index contributed by atoms with van der Waals surface area (Å²) in [4.78, 5) is 0. The molecule has 1 heterocycles. The summed E-state index contributed by atoms with van der Waals surface area (Å²) in [5.74, 6) is 10.5. The number of nitrogen functional groups attached to an aromatic ring is 1. The summed E-state index contributed by atoms with van der Waals surface area (Å²) in [6.07, 6.45) is 1.71. The minimum atomic E-state index is 0.569. The zero-order valence-corrected chi connectivity index (χ0v) is 5.78. The van der Waals surface area contributed by atoms with Crippen molar-refractivity contribution < 1.29 is 0 Å². The Kier molecular flexibility index (Phi) is 1.62. The molecule has 0 radical (unpaired) electrons. The van der Waals surface area contributed by atoms with Gasteiger partial charge >= 0.3 is 0 Å². The van der Waals surface area contributed by atoms with Crippen molar-refractivity contribution in [2.45, 2.75) is 6.92 Å². The van der Waals surface area contributed by atoms with Gasteiger partial charge in [0.15, 0.2) is 5.49 Å². The summed E-state index contributed by atoms with van der Waals surface area (Å²) < 4.78 is 1.37. The summed E-state index contributed by atoms with van der Waals surface area (Å²) in [5.41, 5.74) is 1.66. The molecule has 54 valence electrons. The lowest BCUT2D eigenvalue weighted by atomic mass is 10.3. The summed E-state index contributed by atoms with van der Waals surface area (Å²) in [5, 5.41) is 3.47. The monoisotopic (exact) mass is 138 g/mol. The normalized spacial score (nSPS) is 11.9. The third-order valence-corrected chi connectivity index (χ3v) is 1.25. The van der Waals surface area contributed by atoms with Crippen LogP contribution in [0.15, 0.2) is 23.4 Å². The van der Waals surface area contributed by atoms with Gasteiger partial charge in [0, 0.05) is 6.20 Å². The minimum absolute atomic E-state index is 0.569. The molecule has 0 bridgehead atoms. The second-order valence-electron chi connectivity index (χ2n) is 2.10. The van der Waals surface area contributed by atoms with Crippen LogP contribution in [0.25, 0.3) is 0 Å². The molecule has 0 saturated heterocycles. The number of nitrogens with zero attached hydrogens (tertiary/aromatic N) is 2. The van der Waals surface area contributed by atoms with E-state index in [1.54, 1.807) is 12.3 Å². The summed E-state index contributed by atoms with van der Waals surface area (Å²) in [6.45, 7) is 1.95. The lowest BCUT2D eigenvalue weighted by Crippen LogP contribution is -2.28. The van der Waals surface area contributed by atoms with Gasteiger partial charge in [-0.3, -0.25) is 4.68 Å². The SMILES string of the molecule is Cc1ccn(N)/c(=N\N)c1. The molecular formula is C6H10N4. The van der Waals surface area contributed by atoms with Gasteiger partial charge in [-0.05, 0) is 24.6 Å². The molecule has 0 saturated carbocycles. The molecule has 0 aliphatic heterocycles. The Balaban J connectivity index is 3.37. The van der Waals surface area contributed by atoms with Crippen LogP contribution in [-0.4, -0.2) is 4.68 Å². The molecule has 0 atom stereocenters. The molecule has 0 spiro atoms. The van der Waals surface area contributed by atoms with Crippen LogP contribution < -0.4 is 17.2 Å². The van der Waals surface area contributed by atoms with E-state index in [0.29, 0.717) is 5.49 Å². The average molecular weight is 138 g/mol. The van der Waals surface area contributed by atoms with Crippen LogP contribution in [0.5, 0.6) is 0 Å². The molecule has 4 N–H and O–H groups in total. The summed E-state index contributed by atoms with van der Waals surface area (Å²) in [6, 6.07) is 3.69. The molecule has 10 heavy (non-hydrogen) atoms. The number of rotatable bonds is 0. The van der Waals surface area contributed by atoms with Gasteiger partial charge in [-0.2, -0.15) is 5.10 Å². The smallest absolute Gasteiger partial charge is 0.170 e. The van der Waals surface area contributed by atoms with Crippen molar-refractivity contribution in [3.8, 4) is 0 Å². The van der Waals surface area contributed by atoms with Gasteiger partial charge in [-0.15, -0.1) is 0 Å². The van der Waals surface area contributed by atoms with Gasteiger partial charge in [0.25, 0.3) is 0 Å². The predicted octanol–water partition coefficient (Wildman–Crippen LogP) is -0.715. The molecule has 4 nitrogen and oxygen atoms in total. The first kappa shape index (κ1) is 6.67. The highest BCUT2D eigenvalue weighted by atomic mass is 15.3. The summed E-state index contributed by atoms with van der Waals surface area (Å²) in [7, 11) is 0. The zero-order chi connectivity index (χ0) is 7.56. The van der Waals surface area contributed by atoms with Crippen molar-refractivity contribution in [2.24, 2.45) is 10.9 Å². The predicted molar refractivity (Wildman–Crippen MR) is 39.1 cm³/mol. The second kappa shape index (κ2) is 2.43. The van der Waals surface area contributed by atoms with Crippen molar-refractivity contribution in [3.63, 3.8) is 0 Å². The molecule has 0 amide bonds. The number of hydrogen-bond donors (Lipinski definition) is 2. The number of hydrogen-bond acceptors (Lipinski definition) is 3. The first-order valence-corrected chi connectivity index (χ1v) is 2.92. The highest BCUT2D eigenvalue weighted by Gasteiger charge is 1.86. The maximum absolute atomic E-state index is 5.44. The standard InChI is InChI=1S/C6H10N4/c1-5-2-3-10(8)6(4-5)9-7/h2-4H,7-8H2,1H3/b9-6-. The van der Waals surface area contributed by atoms with Gasteiger partial charge in [-0.1, -0.05) is 0 Å². The minimum Gasteiger partial charge on any atom is -0.338 e. The van der Waals surface area contributed by atoms with E-state index in [4.69, 9.17) is 11.7 Å². The van der Waals surface area contributed by atoms with E-state index in [1.165, 1.54) is 4.68 Å². The molecule has 1 aromatic heterocycles. The molecule has 4 heteroatoms. The molecular weight excluding hydrogens is 128 g/mol. The van der Waals surface area contributed by atoms with E-state index >= 15 is 0 Å². The van der Waals surface area contributed by atoms with Crippen LogP contribution in [0.2, 0.25) is 0 Å². The molecule has 1 rings (SSSR count). The van der Waals surface area contributed by atoms with Crippen molar-refractivity contribution in [1.29, 1.82) is 0 Å². The van der Waals surface area contributed by atoms with Crippen molar-refractivity contribution in [3.05, 3.63) is 29.4 Å². The van der Waals surface area contributed by atoms with E-state index < -0.39 is 0 Å². The number of pyridine rings is 1. The Morgan fingerprint density at radius 1 is 1.60 bits per heavy atom. The van der Waals surface area contributed by atoms with Gasteiger partial charge in [0.05, 0.1) is 0 Å². The highest BCUT2D eigenvalue weighted by Crippen LogP contribution is 1.86. The van der Waals surface area contributed by atoms with Gasteiger partial charge in [-0.25, -0.2) is 0 Å². The van der Waals surface area contributed by atoms with Crippen molar-refractivity contribution in [1.82, 2.24) is 4.68 Å². The van der Waals surface area contributed by atoms with E-state index in [-0.39, 0.29) is 0 Å². The van der Waals surface area contributed by atoms with Crippen molar-refractivity contribution >= 4 is 0 Å². The second-order valence-corrected chi connectivity index (χ2v) is 2.10. The Labute approximate surface area is 58.7 Å². The molecule has 0 aliphatic carbocycles. The fourth-order valence-corrected chi connectivity index (χ4v) is 0.704. The van der Waals surface area contributed by atoms with Crippen molar-refractivity contribution in [2.75, 3.05) is 5.84 Å². The van der Waals surface area contributed by atoms with E-state index in [9.17, 15) is 0 Å². The van der Waals surface area contributed by atoms with E-state index in [2.05, 4.69) is 5.10 Å². The molecule has 0 unspecified atom stereocenters. The fourth-order valence-electron chi connectivity index (χ4n) is 0.704. The van der Waals surface area contributed by atoms with Crippen LogP contribution in [0.1, 0.15) is 5.56 Å². The first-order chi connectivity index (χ1) is 4.74. The van der Waals surface area contributed by atoms with Gasteiger partial charge < -0.3 is 11.7 Å². The molecule has 0 aromatic carbocycles. The lowest BCUT2D eigenvalue weighted by molar-refractivity contribution is 0.869. The Morgan fingerprint density at radius 2 is 2.30 bits per heavy atom. The van der Waals surface area contributed by atoms with Crippen LogP contribution in [0.3, 0.4) is 0 Å². The Morgan fingerprint density at radius 3 is 2.80 bits per heavy atom. The van der Waals surface area contributed by atoms with Crippen LogP contribution in [0, 0.1) is 6.92 Å². The topological polar surface area (TPSA) is 69.3 Å². The third kappa shape index (κ3) is 1.10. The van der Waals surface area contributed by atoms with Crippen LogP contribution in [-0.2, 0) is 0 Å². The molecule has 0 fully saturated rings. The largest absolute Gasteiger partial charge is 0.338 e. The average Bonchev–Trinajstić information content (AvgIpc) is 1.94. The Hall–Kier alpha value is -1.45.